The molecule has 0 unspecified atom stereocenters. The van der Waals surface area contributed by atoms with Gasteiger partial charge in [-0.3, -0.25) is 0 Å². The van der Waals surface area contributed by atoms with Gasteiger partial charge in [-0.2, -0.15) is 0 Å². The van der Waals surface area contributed by atoms with Gasteiger partial charge in [0.1, 0.15) is 0 Å². The van der Waals surface area contributed by atoms with Crippen molar-refractivity contribution in [1.29, 1.82) is 0 Å². The van der Waals surface area contributed by atoms with Crippen LogP contribution < -0.4 is 20.7 Å². The number of ether oxygens (including phenoxy) is 2. The van der Waals surface area contributed by atoms with Crippen LogP contribution in [0.15, 0.2) is 0 Å². The Morgan fingerprint density at radius 1 is 1.17 bits per heavy atom. The number of nitrogens with zero attached hydrogens (tertiary/aromatic N) is 2. The van der Waals surface area contributed by atoms with E-state index >= 15 is 0 Å². The van der Waals surface area contributed by atoms with Crippen LogP contribution in [0.5, 0.6) is 11.5 Å². The highest BCUT2D eigenvalue weighted by Gasteiger charge is 2.39. The maximum absolute atomic E-state index is 5.97. The fraction of sp³-hybridized carbons (Fsp3) is 0.636. The lowest BCUT2D eigenvalue weighted by Gasteiger charge is -2.42. The molecule has 0 saturated heterocycles. The minimum absolute atomic E-state index is 0.202. The monoisotopic (exact) mass is 270 g/mol. The van der Waals surface area contributed by atoms with Crippen molar-refractivity contribution in [1.82, 2.24) is 10.2 Å². The van der Waals surface area contributed by atoms with E-state index in [9.17, 15) is 0 Å². The lowest BCUT2D eigenvalue weighted by Crippen LogP contribution is -2.38. The molecule has 7 heteroatoms. The van der Waals surface area contributed by atoms with Crippen LogP contribution in [0.4, 0.5) is 5.82 Å². The molecular formula is C11H15ClN4O2. The molecule has 6 nitrogen and oxygen atoms in total. The number of hydrogen-bond acceptors (Lipinski definition) is 6. The van der Waals surface area contributed by atoms with Crippen LogP contribution in [0.2, 0.25) is 5.15 Å². The largest absolute Gasteiger partial charge is 0.487 e. The molecule has 2 heterocycles. The number of hydrogen-bond donors (Lipinski definition) is 2. The van der Waals surface area contributed by atoms with Gasteiger partial charge in [-0.15, -0.1) is 10.2 Å². The van der Waals surface area contributed by atoms with Crippen LogP contribution >= 0.6 is 11.6 Å². The molecule has 0 atom stereocenters. The van der Waals surface area contributed by atoms with E-state index in [1.54, 1.807) is 0 Å². The van der Waals surface area contributed by atoms with Crippen molar-refractivity contribution < 1.29 is 9.47 Å². The predicted molar refractivity (Wildman–Crippen MR) is 66.7 cm³/mol. The van der Waals surface area contributed by atoms with E-state index in [0.717, 1.165) is 6.42 Å². The number of fused-ring (bicyclic) bond motifs is 1. The van der Waals surface area contributed by atoms with Gasteiger partial charge in [0.25, 0.3) is 0 Å². The average Bonchev–Trinajstić information content (AvgIpc) is 2.29. The van der Waals surface area contributed by atoms with Gasteiger partial charge in [-0.05, 0) is 19.3 Å². The first-order valence-electron chi connectivity index (χ1n) is 6.02. The third kappa shape index (κ3) is 1.85. The Morgan fingerprint density at radius 3 is 2.67 bits per heavy atom. The van der Waals surface area contributed by atoms with Crippen molar-refractivity contribution in [3.05, 3.63) is 5.15 Å². The fourth-order valence-corrected chi connectivity index (χ4v) is 2.66. The summed E-state index contributed by atoms with van der Waals surface area (Å²) in [5.41, 5.74) is 2.71. The lowest BCUT2D eigenvalue weighted by atomic mass is 9.67. The zero-order chi connectivity index (χ0) is 12.6. The highest BCUT2D eigenvalue weighted by molar-refractivity contribution is 6.31. The van der Waals surface area contributed by atoms with Gasteiger partial charge in [0.2, 0.25) is 17.3 Å². The lowest BCUT2D eigenvalue weighted by molar-refractivity contribution is 0.0225. The number of rotatable bonds is 1. The molecule has 1 fully saturated rings. The molecule has 1 aliphatic heterocycles. The van der Waals surface area contributed by atoms with Crippen molar-refractivity contribution in [3.63, 3.8) is 0 Å². The van der Waals surface area contributed by atoms with Crippen molar-refractivity contribution in [3.8, 4) is 11.5 Å². The number of nitrogens with two attached hydrogens (primary N) is 1. The van der Waals surface area contributed by atoms with Crippen LogP contribution in [0, 0.1) is 5.41 Å². The quantitative estimate of drug-likeness (QED) is 0.598. The topological polar surface area (TPSA) is 82.3 Å². The normalized spacial score (nSPS) is 20.8. The number of nitrogens with one attached hydrogen (secondary N) is 1. The Labute approximate surface area is 110 Å². The van der Waals surface area contributed by atoms with Crippen molar-refractivity contribution >= 4 is 17.4 Å². The second-order valence-corrected chi connectivity index (χ2v) is 5.24. The zero-order valence-corrected chi connectivity index (χ0v) is 10.7. The van der Waals surface area contributed by atoms with Crippen LogP contribution in [0.3, 0.4) is 0 Å². The first-order valence-corrected chi connectivity index (χ1v) is 6.40. The molecule has 18 heavy (non-hydrogen) atoms. The summed E-state index contributed by atoms with van der Waals surface area (Å²) in [6, 6.07) is 0. The third-order valence-corrected chi connectivity index (χ3v) is 4.05. The zero-order valence-electron chi connectivity index (χ0n) is 9.91. The summed E-state index contributed by atoms with van der Waals surface area (Å²) in [4.78, 5) is 0. The molecule has 0 aromatic carbocycles. The second-order valence-electron chi connectivity index (χ2n) is 4.88. The van der Waals surface area contributed by atoms with E-state index in [1.807, 2.05) is 0 Å². The predicted octanol–water partition coefficient (Wildman–Crippen LogP) is 1.75. The summed E-state index contributed by atoms with van der Waals surface area (Å²) in [5, 5.41) is 7.83. The van der Waals surface area contributed by atoms with Crippen molar-refractivity contribution in [2.24, 2.45) is 11.3 Å². The van der Waals surface area contributed by atoms with E-state index in [4.69, 9.17) is 26.9 Å². The van der Waals surface area contributed by atoms with Gasteiger partial charge in [0, 0.05) is 5.41 Å². The molecule has 1 aliphatic carbocycles. The Hall–Kier alpha value is -1.27. The Balaban J connectivity index is 1.93. The van der Waals surface area contributed by atoms with Gasteiger partial charge in [0.15, 0.2) is 5.15 Å². The number of halogens is 1. The number of hydrazine groups is 1. The first kappa shape index (κ1) is 11.8. The molecule has 1 aromatic heterocycles. The fourth-order valence-electron chi connectivity index (χ4n) is 2.48. The second kappa shape index (κ2) is 4.44. The molecular weight excluding hydrogens is 256 g/mol. The van der Waals surface area contributed by atoms with Gasteiger partial charge in [-0.25, -0.2) is 5.84 Å². The molecule has 0 radical (unpaired) electrons. The van der Waals surface area contributed by atoms with E-state index < -0.39 is 0 Å². The Bertz CT molecular complexity index is 465. The highest BCUT2D eigenvalue weighted by atomic mass is 35.5. The first-order chi connectivity index (χ1) is 8.74. The van der Waals surface area contributed by atoms with Gasteiger partial charge in [0.05, 0.1) is 13.2 Å². The molecule has 0 bridgehead atoms. The van der Waals surface area contributed by atoms with Crippen LogP contribution in [0.25, 0.3) is 0 Å². The molecule has 98 valence electrons. The molecule has 0 amide bonds. The molecule has 1 saturated carbocycles. The minimum atomic E-state index is 0.202. The van der Waals surface area contributed by atoms with Crippen LogP contribution in [-0.2, 0) is 0 Å². The van der Waals surface area contributed by atoms with Crippen molar-refractivity contribution in [2.45, 2.75) is 25.7 Å². The molecule has 2 aliphatic rings. The number of aromatic nitrogens is 2. The third-order valence-electron chi connectivity index (χ3n) is 3.80. The molecule has 3 rings (SSSR count). The standard InChI is InChI=1S/C11H15ClN4O2/c12-9-7-8(10(14-13)16-15-9)18-6-11(2-1-3-11)4-5-17-7/h1-6,13H2,(H,14,16). The summed E-state index contributed by atoms with van der Waals surface area (Å²) in [6.07, 6.45) is 4.61. The maximum Gasteiger partial charge on any atom is 0.210 e. The summed E-state index contributed by atoms with van der Waals surface area (Å²) in [7, 11) is 0. The highest BCUT2D eigenvalue weighted by Crippen LogP contribution is 2.48. The molecule has 3 N–H and O–H groups in total. The summed E-state index contributed by atoms with van der Waals surface area (Å²) in [6.45, 7) is 1.27. The Kier molecular flexibility index (Phi) is 2.91. The van der Waals surface area contributed by atoms with Gasteiger partial charge < -0.3 is 14.9 Å². The van der Waals surface area contributed by atoms with E-state index in [1.165, 1.54) is 19.3 Å². The summed E-state index contributed by atoms with van der Waals surface area (Å²) in [5.74, 6) is 6.64. The van der Waals surface area contributed by atoms with E-state index in [-0.39, 0.29) is 10.6 Å². The smallest absolute Gasteiger partial charge is 0.210 e. The van der Waals surface area contributed by atoms with Crippen molar-refractivity contribution in [2.75, 3.05) is 18.6 Å². The van der Waals surface area contributed by atoms with Gasteiger partial charge in [-0.1, -0.05) is 18.0 Å². The molecule has 1 spiro atoms. The van der Waals surface area contributed by atoms with Gasteiger partial charge >= 0.3 is 0 Å². The van der Waals surface area contributed by atoms with E-state index in [0.29, 0.717) is 30.5 Å². The number of nitrogen functional groups attached to an aromatic ring is 1. The summed E-state index contributed by atoms with van der Waals surface area (Å²) >= 11 is 5.97. The minimum Gasteiger partial charge on any atom is -0.487 e. The number of anilines is 1. The SMILES string of the molecule is NNc1nnc(Cl)c2c1OCC1(CCC1)CCO2. The van der Waals surface area contributed by atoms with E-state index in [2.05, 4.69) is 15.6 Å². The van der Waals surface area contributed by atoms with Crippen LogP contribution in [0.1, 0.15) is 25.7 Å². The van der Waals surface area contributed by atoms with Crippen LogP contribution in [-0.4, -0.2) is 23.4 Å². The molecule has 1 aromatic rings. The summed E-state index contributed by atoms with van der Waals surface area (Å²) < 4.78 is 11.5. The Morgan fingerprint density at radius 2 is 2.00 bits per heavy atom. The maximum atomic E-state index is 5.97. The average molecular weight is 271 g/mol.